The SMILES string of the molecule is NN(C1CC1)[C@H]1CCSC1. The van der Waals surface area contributed by atoms with Gasteiger partial charge in [0.2, 0.25) is 0 Å². The van der Waals surface area contributed by atoms with Gasteiger partial charge in [-0.2, -0.15) is 11.8 Å². The minimum atomic E-state index is 0.692. The van der Waals surface area contributed by atoms with Crippen molar-refractivity contribution in [1.82, 2.24) is 5.01 Å². The Hall–Kier alpha value is 0.270. The summed E-state index contributed by atoms with van der Waals surface area (Å²) in [6.07, 6.45) is 3.97. The van der Waals surface area contributed by atoms with Crippen molar-refractivity contribution in [3.63, 3.8) is 0 Å². The van der Waals surface area contributed by atoms with Crippen LogP contribution in [0.25, 0.3) is 0 Å². The highest BCUT2D eigenvalue weighted by Crippen LogP contribution is 2.30. The molecule has 0 aromatic carbocycles. The summed E-state index contributed by atoms with van der Waals surface area (Å²) in [7, 11) is 0. The summed E-state index contributed by atoms with van der Waals surface area (Å²) in [5, 5.41) is 2.10. The lowest BCUT2D eigenvalue weighted by molar-refractivity contribution is 0.208. The Bertz CT molecular complexity index is 119. The molecule has 1 aliphatic carbocycles. The van der Waals surface area contributed by atoms with Gasteiger partial charge in [-0.3, -0.25) is 5.84 Å². The smallest absolute Gasteiger partial charge is 0.0342 e. The van der Waals surface area contributed by atoms with Crippen molar-refractivity contribution in [3.8, 4) is 0 Å². The van der Waals surface area contributed by atoms with Gasteiger partial charge in [-0.15, -0.1) is 0 Å². The number of hydrogen-bond acceptors (Lipinski definition) is 3. The first-order valence-corrected chi connectivity index (χ1v) is 5.14. The average molecular weight is 158 g/mol. The van der Waals surface area contributed by atoms with Crippen LogP contribution in [0.3, 0.4) is 0 Å². The highest BCUT2D eigenvalue weighted by molar-refractivity contribution is 7.99. The zero-order chi connectivity index (χ0) is 6.97. The fourth-order valence-corrected chi connectivity index (χ4v) is 2.64. The topological polar surface area (TPSA) is 29.3 Å². The van der Waals surface area contributed by atoms with E-state index in [9.17, 15) is 0 Å². The molecule has 0 spiro atoms. The van der Waals surface area contributed by atoms with E-state index in [0.717, 1.165) is 6.04 Å². The van der Waals surface area contributed by atoms with E-state index in [1.807, 2.05) is 11.8 Å². The highest BCUT2D eigenvalue weighted by Gasteiger charge is 2.33. The van der Waals surface area contributed by atoms with Crippen molar-refractivity contribution in [2.75, 3.05) is 11.5 Å². The van der Waals surface area contributed by atoms with Gasteiger partial charge < -0.3 is 0 Å². The third kappa shape index (κ3) is 1.31. The Morgan fingerprint density at radius 1 is 1.20 bits per heavy atom. The van der Waals surface area contributed by atoms with E-state index in [4.69, 9.17) is 5.84 Å². The van der Waals surface area contributed by atoms with Crippen molar-refractivity contribution in [3.05, 3.63) is 0 Å². The van der Waals surface area contributed by atoms with Gasteiger partial charge in [-0.05, 0) is 25.0 Å². The van der Waals surface area contributed by atoms with Crippen LogP contribution >= 0.6 is 11.8 Å². The third-order valence-corrected chi connectivity index (χ3v) is 3.44. The largest absolute Gasteiger partial charge is 0.268 e. The van der Waals surface area contributed by atoms with Gasteiger partial charge in [0.25, 0.3) is 0 Å². The molecule has 3 heteroatoms. The molecule has 2 N–H and O–H groups in total. The van der Waals surface area contributed by atoms with Crippen molar-refractivity contribution in [2.45, 2.75) is 31.3 Å². The molecule has 2 aliphatic rings. The first-order chi connectivity index (χ1) is 4.88. The van der Waals surface area contributed by atoms with Crippen LogP contribution in [0.2, 0.25) is 0 Å². The van der Waals surface area contributed by atoms with Crippen LogP contribution in [0.5, 0.6) is 0 Å². The number of hydrogen-bond donors (Lipinski definition) is 1. The first-order valence-electron chi connectivity index (χ1n) is 3.98. The highest BCUT2D eigenvalue weighted by atomic mass is 32.2. The van der Waals surface area contributed by atoms with Gasteiger partial charge in [-0.1, -0.05) is 0 Å². The Morgan fingerprint density at radius 3 is 2.50 bits per heavy atom. The Balaban J connectivity index is 1.84. The van der Waals surface area contributed by atoms with E-state index in [1.165, 1.54) is 30.8 Å². The molecule has 2 rings (SSSR count). The molecule has 2 fully saturated rings. The van der Waals surface area contributed by atoms with E-state index in [-0.39, 0.29) is 0 Å². The second-order valence-electron chi connectivity index (χ2n) is 3.20. The molecule has 10 heavy (non-hydrogen) atoms. The summed E-state index contributed by atoms with van der Waals surface area (Å²) >= 11 is 2.03. The molecule has 0 amide bonds. The van der Waals surface area contributed by atoms with Crippen LogP contribution in [0.1, 0.15) is 19.3 Å². The molecule has 1 heterocycles. The maximum Gasteiger partial charge on any atom is 0.0342 e. The molecule has 0 bridgehead atoms. The van der Waals surface area contributed by atoms with Gasteiger partial charge in [0, 0.05) is 17.8 Å². The fraction of sp³-hybridized carbons (Fsp3) is 1.00. The molecule has 1 saturated heterocycles. The Kier molecular flexibility index (Phi) is 1.89. The van der Waals surface area contributed by atoms with Gasteiger partial charge in [0.05, 0.1) is 0 Å². The molecule has 0 radical (unpaired) electrons. The molecule has 0 aromatic rings. The van der Waals surface area contributed by atoms with E-state index in [0.29, 0.717) is 6.04 Å². The maximum atomic E-state index is 5.90. The standard InChI is InChI=1S/C7H14N2S/c8-9(6-1-2-6)7-3-4-10-5-7/h6-7H,1-5,8H2/t7-/m0/s1. The van der Waals surface area contributed by atoms with Crippen molar-refractivity contribution in [2.24, 2.45) is 5.84 Å². The summed E-state index contributed by atoms with van der Waals surface area (Å²) in [6.45, 7) is 0. The van der Waals surface area contributed by atoms with Gasteiger partial charge in [0.15, 0.2) is 0 Å². The van der Waals surface area contributed by atoms with Gasteiger partial charge in [0.1, 0.15) is 0 Å². The zero-order valence-corrected chi connectivity index (χ0v) is 6.94. The minimum absolute atomic E-state index is 0.692. The van der Waals surface area contributed by atoms with Crippen LogP contribution < -0.4 is 5.84 Å². The van der Waals surface area contributed by atoms with Crippen LogP contribution in [0, 0.1) is 0 Å². The third-order valence-electron chi connectivity index (χ3n) is 2.30. The summed E-state index contributed by atoms with van der Waals surface area (Å²) < 4.78 is 0. The fourth-order valence-electron chi connectivity index (χ4n) is 1.43. The van der Waals surface area contributed by atoms with Gasteiger partial charge >= 0.3 is 0 Å². The Morgan fingerprint density at radius 2 is 2.00 bits per heavy atom. The van der Waals surface area contributed by atoms with Crippen molar-refractivity contribution in [1.29, 1.82) is 0 Å². The van der Waals surface area contributed by atoms with Crippen LogP contribution in [0.4, 0.5) is 0 Å². The number of thioether (sulfide) groups is 1. The molecular formula is C7H14N2S. The van der Waals surface area contributed by atoms with Crippen LogP contribution in [-0.4, -0.2) is 28.6 Å². The summed E-state index contributed by atoms with van der Waals surface area (Å²) in [6, 6.07) is 1.43. The normalized spacial score (nSPS) is 33.6. The van der Waals surface area contributed by atoms with E-state index >= 15 is 0 Å². The average Bonchev–Trinajstić information content (AvgIpc) is 2.65. The summed E-state index contributed by atoms with van der Waals surface area (Å²) in [5.41, 5.74) is 0. The lowest BCUT2D eigenvalue weighted by atomic mass is 10.2. The molecule has 1 aliphatic heterocycles. The molecule has 1 saturated carbocycles. The number of hydrazine groups is 1. The predicted octanol–water partition coefficient (Wildman–Crippen LogP) is 0.830. The van der Waals surface area contributed by atoms with Crippen molar-refractivity contribution < 1.29 is 0 Å². The molecule has 0 aromatic heterocycles. The lowest BCUT2D eigenvalue weighted by Gasteiger charge is -2.21. The number of nitrogens with zero attached hydrogens (tertiary/aromatic N) is 1. The molecular weight excluding hydrogens is 144 g/mol. The molecule has 2 nitrogen and oxygen atoms in total. The van der Waals surface area contributed by atoms with E-state index < -0.39 is 0 Å². The summed E-state index contributed by atoms with van der Waals surface area (Å²) in [5.74, 6) is 8.47. The number of nitrogens with two attached hydrogens (primary N) is 1. The Labute approximate surface area is 66.1 Å². The molecule has 0 unspecified atom stereocenters. The first kappa shape index (κ1) is 6.95. The second kappa shape index (κ2) is 2.72. The zero-order valence-electron chi connectivity index (χ0n) is 6.12. The van der Waals surface area contributed by atoms with Gasteiger partial charge in [-0.25, -0.2) is 5.01 Å². The monoisotopic (exact) mass is 158 g/mol. The molecule has 58 valence electrons. The van der Waals surface area contributed by atoms with E-state index in [1.54, 1.807) is 0 Å². The minimum Gasteiger partial charge on any atom is -0.268 e. The summed E-state index contributed by atoms with van der Waals surface area (Å²) in [4.78, 5) is 0. The van der Waals surface area contributed by atoms with Crippen molar-refractivity contribution >= 4 is 11.8 Å². The second-order valence-corrected chi connectivity index (χ2v) is 4.35. The molecule has 1 atom stereocenters. The quantitative estimate of drug-likeness (QED) is 0.477. The predicted molar refractivity (Wildman–Crippen MR) is 44.8 cm³/mol. The van der Waals surface area contributed by atoms with Crippen LogP contribution in [0.15, 0.2) is 0 Å². The maximum absolute atomic E-state index is 5.90. The lowest BCUT2D eigenvalue weighted by Crippen LogP contribution is -2.42. The van der Waals surface area contributed by atoms with E-state index in [2.05, 4.69) is 5.01 Å². The van der Waals surface area contributed by atoms with Crippen LogP contribution in [-0.2, 0) is 0 Å². The number of rotatable bonds is 2.